The second-order valence-electron chi connectivity index (χ2n) is 5.31. The van der Waals surface area contributed by atoms with Gasteiger partial charge in [-0.1, -0.05) is 6.08 Å². The molecule has 6 heteroatoms. The highest BCUT2D eigenvalue weighted by atomic mass is 16.5. The molecule has 2 rings (SSSR count). The summed E-state index contributed by atoms with van der Waals surface area (Å²) < 4.78 is 10.00. The normalized spacial score (nSPS) is 21.6. The highest BCUT2D eigenvalue weighted by molar-refractivity contribution is 5.88. The first kappa shape index (κ1) is 15.0. The van der Waals surface area contributed by atoms with Crippen LogP contribution in [0.3, 0.4) is 0 Å². The zero-order chi connectivity index (χ0) is 14.4. The first-order valence-electron chi connectivity index (χ1n) is 6.99. The summed E-state index contributed by atoms with van der Waals surface area (Å²) in [5.41, 5.74) is -0.470. The van der Waals surface area contributed by atoms with E-state index in [1.165, 1.54) is 13.2 Å². The molecule has 0 unspecified atom stereocenters. The maximum absolute atomic E-state index is 11.7. The number of nitrogens with zero attached hydrogens (tertiary/aromatic N) is 1. The summed E-state index contributed by atoms with van der Waals surface area (Å²) in [5, 5.41) is 2.77. The third-order valence-electron chi connectivity index (χ3n) is 3.81. The van der Waals surface area contributed by atoms with E-state index in [0.29, 0.717) is 6.54 Å². The lowest BCUT2D eigenvalue weighted by Gasteiger charge is -2.25. The van der Waals surface area contributed by atoms with Crippen LogP contribution in [0.15, 0.2) is 12.2 Å². The molecule has 2 aliphatic rings. The van der Waals surface area contributed by atoms with Crippen molar-refractivity contribution >= 4 is 11.9 Å². The Morgan fingerprint density at radius 2 is 2.05 bits per heavy atom. The Labute approximate surface area is 119 Å². The molecular formula is C14H22N2O4. The summed E-state index contributed by atoms with van der Waals surface area (Å²) in [6.07, 6.45) is 4.95. The van der Waals surface area contributed by atoms with Crippen LogP contribution in [0.4, 0.5) is 0 Å². The van der Waals surface area contributed by atoms with Crippen LogP contribution in [-0.2, 0) is 19.1 Å². The molecule has 0 aromatic heterocycles. The van der Waals surface area contributed by atoms with E-state index in [-0.39, 0.29) is 11.9 Å². The van der Waals surface area contributed by atoms with Gasteiger partial charge in [0.05, 0.1) is 25.7 Å². The van der Waals surface area contributed by atoms with Crippen molar-refractivity contribution in [3.05, 3.63) is 12.2 Å². The second kappa shape index (κ2) is 6.85. The molecule has 112 valence electrons. The summed E-state index contributed by atoms with van der Waals surface area (Å²) in [6.45, 7) is 4.41. The average molecular weight is 282 g/mol. The van der Waals surface area contributed by atoms with Crippen LogP contribution in [0, 0.1) is 5.41 Å². The molecule has 1 heterocycles. The van der Waals surface area contributed by atoms with Crippen molar-refractivity contribution in [3.63, 3.8) is 0 Å². The van der Waals surface area contributed by atoms with E-state index in [4.69, 9.17) is 9.47 Å². The molecule has 0 aromatic rings. The van der Waals surface area contributed by atoms with Gasteiger partial charge in [0.15, 0.2) is 0 Å². The predicted octanol–water partition coefficient (Wildman–Crippen LogP) is -0.0558. The lowest BCUT2D eigenvalue weighted by molar-refractivity contribution is -0.146. The molecule has 0 aromatic carbocycles. The molecule has 20 heavy (non-hydrogen) atoms. The second-order valence-corrected chi connectivity index (χ2v) is 5.31. The number of carbonyl (C=O) groups excluding carboxylic acids is 2. The Hall–Kier alpha value is -1.40. The lowest BCUT2D eigenvalue weighted by atomic mass is 10.1. The van der Waals surface area contributed by atoms with Gasteiger partial charge in [-0.3, -0.25) is 14.5 Å². The Balaban J connectivity index is 1.66. The van der Waals surface area contributed by atoms with Gasteiger partial charge in [0, 0.05) is 32.3 Å². The fourth-order valence-corrected chi connectivity index (χ4v) is 2.23. The van der Waals surface area contributed by atoms with Crippen LogP contribution in [0.2, 0.25) is 0 Å². The quantitative estimate of drug-likeness (QED) is 0.546. The van der Waals surface area contributed by atoms with Crippen molar-refractivity contribution in [3.8, 4) is 0 Å². The summed E-state index contributed by atoms with van der Waals surface area (Å²) in [4.78, 5) is 25.4. The van der Waals surface area contributed by atoms with Gasteiger partial charge in [-0.2, -0.15) is 0 Å². The molecule has 0 atom stereocenters. The molecule has 1 N–H and O–H groups in total. The Morgan fingerprint density at radius 1 is 1.35 bits per heavy atom. The smallest absolute Gasteiger partial charge is 0.313 e. The molecule has 1 saturated heterocycles. The van der Waals surface area contributed by atoms with Gasteiger partial charge in [-0.25, -0.2) is 0 Å². The number of ether oxygens (including phenoxy) is 2. The number of nitrogens with one attached hydrogen (secondary N) is 1. The molecule has 0 bridgehead atoms. The number of amides is 1. The molecule has 1 aliphatic heterocycles. The molecule has 2 fully saturated rings. The van der Waals surface area contributed by atoms with E-state index < -0.39 is 5.41 Å². The summed E-state index contributed by atoms with van der Waals surface area (Å²) in [6, 6.07) is 0. The molecule has 1 amide bonds. The lowest BCUT2D eigenvalue weighted by Crippen LogP contribution is -2.36. The fraction of sp³-hybridized carbons (Fsp3) is 0.714. The summed E-state index contributed by atoms with van der Waals surface area (Å²) in [5.74, 6) is -0.386. The molecule has 1 aliphatic carbocycles. The maximum atomic E-state index is 11.7. The van der Waals surface area contributed by atoms with Crippen LogP contribution in [0.25, 0.3) is 0 Å². The largest absolute Gasteiger partial charge is 0.469 e. The van der Waals surface area contributed by atoms with Gasteiger partial charge < -0.3 is 14.8 Å². The first-order chi connectivity index (χ1) is 9.66. The van der Waals surface area contributed by atoms with Gasteiger partial charge in [-0.15, -0.1) is 0 Å². The highest BCUT2D eigenvalue weighted by Gasteiger charge is 2.51. The van der Waals surface area contributed by atoms with Gasteiger partial charge in [0.25, 0.3) is 0 Å². The summed E-state index contributed by atoms with van der Waals surface area (Å²) >= 11 is 0. The van der Waals surface area contributed by atoms with Crippen molar-refractivity contribution in [1.82, 2.24) is 10.2 Å². The minimum Gasteiger partial charge on any atom is -0.469 e. The Kier molecular flexibility index (Phi) is 5.14. The van der Waals surface area contributed by atoms with Crippen LogP contribution in [0.1, 0.15) is 12.8 Å². The summed E-state index contributed by atoms with van der Waals surface area (Å²) in [7, 11) is 1.38. The van der Waals surface area contributed by atoms with E-state index in [1.807, 2.05) is 6.08 Å². The SMILES string of the molecule is COC(=O)C1(CNC(=O)C=CCN2CCOCC2)CC1. The van der Waals surface area contributed by atoms with Gasteiger partial charge >= 0.3 is 5.97 Å². The minimum atomic E-state index is -0.470. The first-order valence-corrected chi connectivity index (χ1v) is 6.99. The van der Waals surface area contributed by atoms with Gasteiger partial charge in [0.2, 0.25) is 5.91 Å². The van der Waals surface area contributed by atoms with Crippen molar-refractivity contribution in [2.45, 2.75) is 12.8 Å². The number of rotatable bonds is 6. The van der Waals surface area contributed by atoms with Crippen molar-refractivity contribution in [2.24, 2.45) is 5.41 Å². The third kappa shape index (κ3) is 4.05. The van der Waals surface area contributed by atoms with Crippen molar-refractivity contribution < 1.29 is 19.1 Å². The van der Waals surface area contributed by atoms with E-state index in [1.54, 1.807) is 0 Å². The minimum absolute atomic E-state index is 0.159. The van der Waals surface area contributed by atoms with Crippen LogP contribution in [0.5, 0.6) is 0 Å². The predicted molar refractivity (Wildman–Crippen MR) is 73.1 cm³/mol. The highest BCUT2D eigenvalue weighted by Crippen LogP contribution is 2.45. The van der Waals surface area contributed by atoms with Crippen LogP contribution in [-0.4, -0.2) is 63.3 Å². The third-order valence-corrected chi connectivity index (χ3v) is 3.81. The van der Waals surface area contributed by atoms with E-state index in [9.17, 15) is 9.59 Å². The number of carbonyl (C=O) groups is 2. The van der Waals surface area contributed by atoms with Gasteiger partial charge in [-0.05, 0) is 12.8 Å². The van der Waals surface area contributed by atoms with E-state index >= 15 is 0 Å². The van der Waals surface area contributed by atoms with Gasteiger partial charge in [0.1, 0.15) is 0 Å². The molecule has 6 nitrogen and oxygen atoms in total. The zero-order valence-corrected chi connectivity index (χ0v) is 11.9. The number of esters is 1. The maximum Gasteiger partial charge on any atom is 0.313 e. The number of methoxy groups -OCH3 is 1. The molecule has 0 spiro atoms. The van der Waals surface area contributed by atoms with Crippen LogP contribution < -0.4 is 5.32 Å². The number of morpholine rings is 1. The fourth-order valence-electron chi connectivity index (χ4n) is 2.23. The number of hydrogen-bond acceptors (Lipinski definition) is 5. The van der Waals surface area contributed by atoms with Crippen LogP contribution >= 0.6 is 0 Å². The Bertz CT molecular complexity index is 385. The zero-order valence-electron chi connectivity index (χ0n) is 11.9. The van der Waals surface area contributed by atoms with Crippen molar-refractivity contribution in [2.75, 3.05) is 46.5 Å². The number of hydrogen-bond donors (Lipinski definition) is 1. The molecule has 1 saturated carbocycles. The molecule has 0 radical (unpaired) electrons. The molecular weight excluding hydrogens is 260 g/mol. The standard InChI is InChI=1S/C14H22N2O4/c1-19-13(18)14(4-5-14)11-15-12(17)3-2-6-16-7-9-20-10-8-16/h2-3H,4-11H2,1H3,(H,15,17). The topological polar surface area (TPSA) is 67.9 Å². The monoisotopic (exact) mass is 282 g/mol. The van der Waals surface area contributed by atoms with E-state index in [0.717, 1.165) is 45.7 Å². The van der Waals surface area contributed by atoms with Crippen molar-refractivity contribution in [1.29, 1.82) is 0 Å². The van der Waals surface area contributed by atoms with E-state index in [2.05, 4.69) is 10.2 Å². The average Bonchev–Trinajstić information content (AvgIpc) is 3.27. The Morgan fingerprint density at radius 3 is 2.65 bits per heavy atom.